The van der Waals surface area contributed by atoms with E-state index in [1.54, 1.807) is 0 Å². The molecule has 2 N–H and O–H groups in total. The summed E-state index contributed by atoms with van der Waals surface area (Å²) in [5.41, 5.74) is 0.860. The van der Waals surface area contributed by atoms with Crippen LogP contribution >= 0.6 is 0 Å². The molecule has 220 valence electrons. The van der Waals surface area contributed by atoms with E-state index in [1.165, 1.54) is 0 Å². The first-order chi connectivity index (χ1) is 19.3. The number of fused-ring (bicyclic) bond motifs is 2. The highest BCUT2D eigenvalue weighted by molar-refractivity contribution is 5.79. The van der Waals surface area contributed by atoms with Crippen molar-refractivity contribution in [3.8, 4) is 0 Å². The molecular weight excluding hydrogens is 518 g/mol. The number of urea groups is 1. The van der Waals surface area contributed by atoms with Crippen molar-refractivity contribution in [2.24, 2.45) is 11.8 Å². The summed E-state index contributed by atoms with van der Waals surface area (Å²) in [5.74, 6) is -2.89. The second-order valence-corrected chi connectivity index (χ2v) is 12.7. The van der Waals surface area contributed by atoms with Gasteiger partial charge in [-0.1, -0.05) is 30.3 Å². The number of piperidine rings is 1. The Morgan fingerprint density at radius 1 is 1.05 bits per heavy atom. The lowest BCUT2D eigenvalue weighted by molar-refractivity contribution is -0.130. The zero-order valence-corrected chi connectivity index (χ0v) is 23.2. The van der Waals surface area contributed by atoms with Crippen LogP contribution in [0.2, 0.25) is 0 Å². The van der Waals surface area contributed by atoms with Gasteiger partial charge in [0.25, 0.3) is 0 Å². The molecule has 10 heteroatoms. The highest BCUT2D eigenvalue weighted by Crippen LogP contribution is 2.43. The predicted molar refractivity (Wildman–Crippen MR) is 145 cm³/mol. The maximum absolute atomic E-state index is 13.7. The van der Waals surface area contributed by atoms with Gasteiger partial charge in [0.15, 0.2) is 0 Å². The number of nitrogens with one attached hydrogen (secondary N) is 2. The molecule has 3 amide bonds. The molecule has 2 bridgehead atoms. The van der Waals surface area contributed by atoms with Gasteiger partial charge in [-0.05, 0) is 50.5 Å². The monoisotopic (exact) mass is 560 g/mol. The lowest BCUT2D eigenvalue weighted by atomic mass is 9.83. The third kappa shape index (κ3) is 6.14. The number of alkyl halides is 2. The molecule has 1 aliphatic carbocycles. The standard InChI is InChI=1S/C30H42F2N4O4/c31-30(32)11-8-23(9-12-30)27(37)33-26(22-4-2-1-3-5-22)10-13-36-24-6-7-25(36)15-29(14-24)19-35(28(38)34-29)16-21-17-39-20-40-18-21/h1-5,21,23-26H,6-20H2,(H,33,37)(H,34,38)/t24?,25?,26-,29?/m0/s1. The van der Waals surface area contributed by atoms with Crippen molar-refractivity contribution in [3.05, 3.63) is 35.9 Å². The number of ether oxygens (including phenoxy) is 2. The molecule has 5 fully saturated rings. The van der Waals surface area contributed by atoms with Gasteiger partial charge >= 0.3 is 6.03 Å². The van der Waals surface area contributed by atoms with Crippen molar-refractivity contribution in [2.45, 2.75) is 87.4 Å². The Morgan fingerprint density at radius 3 is 2.40 bits per heavy atom. The number of hydrogen-bond acceptors (Lipinski definition) is 5. The third-order valence-corrected chi connectivity index (χ3v) is 9.81. The Bertz CT molecular complexity index is 1030. The summed E-state index contributed by atoms with van der Waals surface area (Å²) in [6.07, 6.45) is 4.91. The molecule has 40 heavy (non-hydrogen) atoms. The SMILES string of the molecule is O=C(N[C@@H](CCN1C2CCC1CC1(C2)CN(CC2COCOC2)C(=O)N1)c1ccccc1)C1CCC(F)(F)CC1. The van der Waals surface area contributed by atoms with Gasteiger partial charge in [-0.15, -0.1) is 0 Å². The van der Waals surface area contributed by atoms with Crippen LogP contribution < -0.4 is 10.6 Å². The summed E-state index contributed by atoms with van der Waals surface area (Å²) in [6, 6.07) is 10.6. The Balaban J connectivity index is 1.06. The average molecular weight is 561 g/mol. The first kappa shape index (κ1) is 27.8. The topological polar surface area (TPSA) is 83.1 Å². The number of nitrogens with zero attached hydrogens (tertiary/aromatic N) is 2. The zero-order chi connectivity index (χ0) is 27.7. The molecule has 1 aromatic carbocycles. The van der Waals surface area contributed by atoms with E-state index in [0.29, 0.717) is 38.6 Å². The van der Waals surface area contributed by atoms with E-state index in [-0.39, 0.29) is 61.0 Å². The molecule has 5 aliphatic rings. The van der Waals surface area contributed by atoms with Crippen molar-refractivity contribution in [1.29, 1.82) is 0 Å². The number of benzene rings is 1. The first-order valence-corrected chi connectivity index (χ1v) is 15.0. The van der Waals surface area contributed by atoms with Crippen molar-refractivity contribution >= 4 is 11.9 Å². The largest absolute Gasteiger partial charge is 0.355 e. The van der Waals surface area contributed by atoms with Crippen molar-refractivity contribution < 1.29 is 27.8 Å². The predicted octanol–water partition coefficient (Wildman–Crippen LogP) is 4.07. The Hall–Kier alpha value is -2.30. The summed E-state index contributed by atoms with van der Waals surface area (Å²) in [7, 11) is 0. The summed E-state index contributed by atoms with van der Waals surface area (Å²) < 4.78 is 38.2. The molecule has 4 heterocycles. The highest BCUT2D eigenvalue weighted by Gasteiger charge is 2.53. The maximum Gasteiger partial charge on any atom is 0.317 e. The van der Waals surface area contributed by atoms with Crippen LogP contribution in [0.3, 0.4) is 0 Å². The van der Waals surface area contributed by atoms with Crippen LogP contribution in [-0.4, -0.2) is 84.9 Å². The number of carbonyl (C=O) groups is 2. The van der Waals surface area contributed by atoms with E-state index in [4.69, 9.17) is 9.47 Å². The van der Waals surface area contributed by atoms with Gasteiger partial charge in [0.1, 0.15) is 6.79 Å². The summed E-state index contributed by atoms with van der Waals surface area (Å²) in [5, 5.41) is 6.58. The molecule has 1 aromatic rings. The van der Waals surface area contributed by atoms with Gasteiger partial charge in [-0.3, -0.25) is 9.69 Å². The second-order valence-electron chi connectivity index (χ2n) is 12.7. The van der Waals surface area contributed by atoms with E-state index in [1.807, 2.05) is 35.2 Å². The minimum absolute atomic E-state index is 0.0192. The quantitative estimate of drug-likeness (QED) is 0.501. The van der Waals surface area contributed by atoms with E-state index < -0.39 is 5.92 Å². The molecule has 2 unspecified atom stereocenters. The third-order valence-electron chi connectivity index (χ3n) is 9.81. The van der Waals surface area contributed by atoms with Crippen LogP contribution in [0.4, 0.5) is 13.6 Å². The number of rotatable bonds is 8. The average Bonchev–Trinajstić information content (AvgIpc) is 3.38. The minimum atomic E-state index is -2.64. The van der Waals surface area contributed by atoms with Crippen molar-refractivity contribution in [2.75, 3.05) is 39.6 Å². The molecular formula is C30H42F2N4O4. The smallest absolute Gasteiger partial charge is 0.317 e. The fraction of sp³-hybridized carbons (Fsp3) is 0.733. The molecule has 1 saturated carbocycles. The Kier molecular flexibility index (Phi) is 8.03. The van der Waals surface area contributed by atoms with Gasteiger partial charge in [-0.2, -0.15) is 0 Å². The molecule has 0 radical (unpaired) electrons. The Labute approximate surface area is 235 Å². The fourth-order valence-corrected chi connectivity index (χ4v) is 7.80. The molecule has 3 atom stereocenters. The number of amides is 3. The van der Waals surface area contributed by atoms with Gasteiger partial charge in [0.05, 0.1) is 24.8 Å². The minimum Gasteiger partial charge on any atom is -0.355 e. The lowest BCUT2D eigenvalue weighted by Gasteiger charge is -2.45. The summed E-state index contributed by atoms with van der Waals surface area (Å²) >= 11 is 0. The van der Waals surface area contributed by atoms with E-state index in [9.17, 15) is 18.4 Å². The van der Waals surface area contributed by atoms with Gasteiger partial charge in [-0.25, -0.2) is 13.6 Å². The van der Waals surface area contributed by atoms with Crippen LogP contribution in [0, 0.1) is 11.8 Å². The van der Waals surface area contributed by atoms with Crippen LogP contribution in [-0.2, 0) is 14.3 Å². The van der Waals surface area contributed by atoms with Crippen LogP contribution in [0.25, 0.3) is 0 Å². The normalized spacial score (nSPS) is 31.9. The van der Waals surface area contributed by atoms with E-state index in [2.05, 4.69) is 15.5 Å². The molecule has 8 nitrogen and oxygen atoms in total. The zero-order valence-electron chi connectivity index (χ0n) is 23.2. The number of halogens is 2. The number of hydrogen-bond donors (Lipinski definition) is 2. The fourth-order valence-electron chi connectivity index (χ4n) is 7.80. The van der Waals surface area contributed by atoms with Crippen molar-refractivity contribution in [3.63, 3.8) is 0 Å². The van der Waals surface area contributed by atoms with Gasteiger partial charge < -0.3 is 25.0 Å². The lowest BCUT2D eigenvalue weighted by Crippen LogP contribution is -2.57. The molecule has 4 saturated heterocycles. The van der Waals surface area contributed by atoms with Crippen LogP contribution in [0.1, 0.15) is 69.4 Å². The molecule has 4 aliphatic heterocycles. The number of carbonyl (C=O) groups excluding carboxylic acids is 2. The highest BCUT2D eigenvalue weighted by atomic mass is 19.3. The molecule has 1 spiro atoms. The Morgan fingerprint density at radius 2 is 1.73 bits per heavy atom. The second kappa shape index (κ2) is 11.5. The van der Waals surface area contributed by atoms with Gasteiger partial charge in [0, 0.05) is 56.4 Å². The summed E-state index contributed by atoms with van der Waals surface area (Å²) in [6.45, 7) is 3.82. The van der Waals surface area contributed by atoms with E-state index >= 15 is 0 Å². The first-order valence-electron chi connectivity index (χ1n) is 15.0. The maximum atomic E-state index is 13.7. The summed E-state index contributed by atoms with van der Waals surface area (Å²) in [4.78, 5) is 30.6. The van der Waals surface area contributed by atoms with Crippen LogP contribution in [0.5, 0.6) is 0 Å². The van der Waals surface area contributed by atoms with E-state index in [0.717, 1.165) is 50.8 Å². The van der Waals surface area contributed by atoms with Crippen molar-refractivity contribution in [1.82, 2.24) is 20.4 Å². The van der Waals surface area contributed by atoms with Crippen LogP contribution in [0.15, 0.2) is 30.3 Å². The molecule has 0 aromatic heterocycles. The van der Waals surface area contributed by atoms with Gasteiger partial charge in [0.2, 0.25) is 11.8 Å². The molecule has 6 rings (SSSR count).